The molecule has 2 heterocycles. The van der Waals surface area contributed by atoms with Crippen LogP contribution in [-0.4, -0.2) is 27.1 Å². The van der Waals surface area contributed by atoms with Gasteiger partial charge >= 0.3 is 10.8 Å². The first-order valence-electron chi connectivity index (χ1n) is 9.08. The number of aliphatic carboxylic acids is 1. The number of hydrogen-bond acceptors (Lipinski definition) is 5. The van der Waals surface area contributed by atoms with Crippen molar-refractivity contribution >= 4 is 34.9 Å². The van der Waals surface area contributed by atoms with Crippen molar-refractivity contribution in [3.63, 3.8) is 0 Å². The van der Waals surface area contributed by atoms with Gasteiger partial charge in [-0.25, -0.2) is 0 Å². The molecule has 27 heavy (non-hydrogen) atoms. The van der Waals surface area contributed by atoms with E-state index in [-0.39, 0.29) is 10.7 Å². The summed E-state index contributed by atoms with van der Waals surface area (Å²) in [6.45, 7) is 3.73. The average Bonchev–Trinajstić information content (AvgIpc) is 3.02. The Balaban J connectivity index is 1.79. The number of Topliss-reactive ketones (excluding diaryl/α,β-unsaturated/α-hetero) is 1. The minimum atomic E-state index is -1.03. The van der Waals surface area contributed by atoms with Gasteiger partial charge in [-0.3, -0.25) is 14.4 Å². The molecule has 2 aromatic rings. The topological polar surface area (TPSA) is 87.2 Å². The minimum Gasteiger partial charge on any atom is -0.480 e. The molecule has 0 saturated carbocycles. The van der Waals surface area contributed by atoms with Gasteiger partial charge in [0.05, 0.1) is 10.9 Å². The summed E-state index contributed by atoms with van der Waals surface area (Å²) in [5.41, 5.74) is 2.33. The van der Waals surface area contributed by atoms with Gasteiger partial charge in [-0.1, -0.05) is 49.1 Å². The van der Waals surface area contributed by atoms with Crippen LogP contribution in [0.2, 0.25) is 0 Å². The first-order chi connectivity index (χ1) is 12.8. The van der Waals surface area contributed by atoms with Crippen molar-refractivity contribution in [2.24, 2.45) is 5.92 Å². The number of aromatic nitrogens is 1. The number of aromatic amines is 1. The number of carbonyl (C=O) groups excluding carboxylic acids is 1. The molecule has 4 rings (SSSR count). The number of fused-ring (bicyclic) bond motifs is 2. The van der Waals surface area contributed by atoms with Gasteiger partial charge in [-0.05, 0) is 42.9 Å². The Morgan fingerprint density at radius 2 is 1.89 bits per heavy atom. The summed E-state index contributed by atoms with van der Waals surface area (Å²) < 4.78 is 0. The first-order valence-corrected chi connectivity index (χ1v) is 10.8. The van der Waals surface area contributed by atoms with Gasteiger partial charge in [0.1, 0.15) is 5.25 Å². The third-order valence-corrected chi connectivity index (χ3v) is 8.31. The fourth-order valence-electron chi connectivity index (χ4n) is 4.26. The van der Waals surface area contributed by atoms with Crippen LogP contribution in [0.3, 0.4) is 0 Å². The molecular weight excluding hydrogens is 382 g/mol. The fourth-order valence-corrected chi connectivity index (χ4v) is 6.94. The summed E-state index contributed by atoms with van der Waals surface area (Å²) in [5.74, 6) is -1.91. The molecule has 142 valence electrons. The van der Waals surface area contributed by atoms with Gasteiger partial charge in [0.15, 0.2) is 5.78 Å². The summed E-state index contributed by atoms with van der Waals surface area (Å²) in [6.07, 6.45) is 4.29. The van der Waals surface area contributed by atoms with Crippen LogP contribution in [0.15, 0.2) is 28.0 Å². The first kappa shape index (κ1) is 18.5. The third kappa shape index (κ3) is 3.06. The van der Waals surface area contributed by atoms with Crippen LogP contribution in [0.5, 0.6) is 0 Å². The molecule has 1 aromatic carbocycles. The van der Waals surface area contributed by atoms with E-state index < -0.39 is 22.6 Å². The van der Waals surface area contributed by atoms with E-state index in [0.717, 1.165) is 47.2 Å². The van der Waals surface area contributed by atoms with Crippen molar-refractivity contribution in [1.29, 1.82) is 0 Å². The highest BCUT2D eigenvalue weighted by molar-refractivity contribution is 8.00. The number of H-pyrrole nitrogens is 1. The number of ketones is 1. The number of benzene rings is 1. The zero-order valence-corrected chi connectivity index (χ0v) is 16.8. The van der Waals surface area contributed by atoms with E-state index in [2.05, 4.69) is 4.98 Å². The summed E-state index contributed by atoms with van der Waals surface area (Å²) in [7, 11) is 0. The Morgan fingerprint density at radius 1 is 1.19 bits per heavy atom. The Morgan fingerprint density at radius 3 is 2.59 bits per heavy atom. The van der Waals surface area contributed by atoms with Crippen LogP contribution in [0, 0.1) is 5.92 Å². The molecule has 0 unspecified atom stereocenters. The van der Waals surface area contributed by atoms with Gasteiger partial charge in [-0.15, -0.1) is 0 Å². The maximum absolute atomic E-state index is 13.5. The summed E-state index contributed by atoms with van der Waals surface area (Å²) in [6, 6.07) is 5.80. The van der Waals surface area contributed by atoms with Crippen LogP contribution in [0.1, 0.15) is 53.1 Å². The largest absolute Gasteiger partial charge is 0.480 e. The second-order valence-corrected chi connectivity index (χ2v) is 9.94. The van der Waals surface area contributed by atoms with Crippen LogP contribution < -0.4 is 4.87 Å². The molecular formula is C20H21NO4S2. The molecule has 0 amide bonds. The predicted octanol–water partition coefficient (Wildman–Crippen LogP) is 3.65. The summed E-state index contributed by atoms with van der Waals surface area (Å²) >= 11 is 2.16. The van der Waals surface area contributed by atoms with Crippen LogP contribution in [0.4, 0.5) is 0 Å². The molecule has 5 nitrogen and oxygen atoms in total. The lowest BCUT2D eigenvalue weighted by Gasteiger charge is -2.40. The lowest BCUT2D eigenvalue weighted by Crippen LogP contribution is -2.47. The van der Waals surface area contributed by atoms with E-state index >= 15 is 0 Å². The van der Waals surface area contributed by atoms with Crippen molar-refractivity contribution in [1.82, 2.24) is 4.98 Å². The molecule has 2 atom stereocenters. The predicted molar refractivity (Wildman–Crippen MR) is 106 cm³/mol. The highest BCUT2D eigenvalue weighted by Gasteiger charge is 2.51. The zero-order valence-electron chi connectivity index (χ0n) is 15.2. The molecule has 0 spiro atoms. The van der Waals surface area contributed by atoms with Gasteiger partial charge in [0, 0.05) is 15.9 Å². The Hall–Kier alpha value is -1.86. The number of nitrogens with one attached hydrogen (secondary N) is 1. The van der Waals surface area contributed by atoms with Crippen molar-refractivity contribution in [2.45, 2.75) is 55.2 Å². The summed E-state index contributed by atoms with van der Waals surface area (Å²) in [4.78, 5) is 40.6. The Labute approximate surface area is 165 Å². The van der Waals surface area contributed by atoms with Gasteiger partial charge < -0.3 is 10.1 Å². The van der Waals surface area contributed by atoms with E-state index in [0.29, 0.717) is 10.6 Å². The standard InChI is InChI=1S/C20H21NO4S2/c1-20(2)13(15(18(23)24)26-17-16(20)27-19(25)21-17)14(22)12-8-7-10-5-3-4-6-11(10)9-12/h7-9,13,15H,3-6H2,1-2H3,(H,21,25)(H,23,24)/t13-,15-/m0/s1. The lowest BCUT2D eigenvalue weighted by atomic mass is 9.71. The zero-order chi connectivity index (χ0) is 19.3. The smallest absolute Gasteiger partial charge is 0.317 e. The van der Waals surface area contributed by atoms with Gasteiger partial charge in [0.25, 0.3) is 0 Å². The van der Waals surface area contributed by atoms with Crippen molar-refractivity contribution in [2.75, 3.05) is 0 Å². The van der Waals surface area contributed by atoms with Crippen molar-refractivity contribution in [3.05, 3.63) is 49.4 Å². The van der Waals surface area contributed by atoms with E-state index in [1.807, 2.05) is 32.0 Å². The number of aryl methyl sites for hydroxylation is 2. The monoisotopic (exact) mass is 403 g/mol. The molecule has 2 N–H and O–H groups in total. The number of rotatable bonds is 3. The molecule has 1 aliphatic carbocycles. The Bertz CT molecular complexity index is 988. The minimum absolute atomic E-state index is 0.153. The number of hydrogen-bond donors (Lipinski definition) is 2. The average molecular weight is 404 g/mol. The van der Waals surface area contributed by atoms with Gasteiger partial charge in [-0.2, -0.15) is 0 Å². The molecule has 0 fully saturated rings. The van der Waals surface area contributed by atoms with Gasteiger partial charge in [0.2, 0.25) is 0 Å². The molecule has 1 aliphatic heterocycles. The third-order valence-electron chi connectivity index (χ3n) is 5.69. The number of thioether (sulfide) groups is 1. The van der Waals surface area contributed by atoms with E-state index in [1.54, 1.807) is 0 Å². The van der Waals surface area contributed by atoms with Crippen molar-refractivity contribution < 1.29 is 14.7 Å². The molecule has 1 aromatic heterocycles. The SMILES string of the molecule is CC1(C)c2sc(=O)[nH]c2S[C@H](C(=O)O)[C@@H]1C(=O)c1ccc2c(c1)CCCC2. The molecule has 0 saturated heterocycles. The van der Waals surface area contributed by atoms with Crippen LogP contribution in [-0.2, 0) is 23.1 Å². The quantitative estimate of drug-likeness (QED) is 0.764. The molecule has 0 radical (unpaired) electrons. The molecule has 2 aliphatic rings. The van der Waals surface area contributed by atoms with E-state index in [4.69, 9.17) is 0 Å². The van der Waals surface area contributed by atoms with E-state index in [9.17, 15) is 19.5 Å². The van der Waals surface area contributed by atoms with Crippen molar-refractivity contribution in [3.8, 4) is 0 Å². The maximum Gasteiger partial charge on any atom is 0.317 e. The number of carbonyl (C=O) groups is 2. The number of carboxylic acid groups (broad SMARTS) is 1. The number of carboxylic acids is 1. The molecule has 0 bridgehead atoms. The number of thiazole rings is 1. The fraction of sp³-hybridized carbons (Fsp3) is 0.450. The summed E-state index contributed by atoms with van der Waals surface area (Å²) in [5, 5.41) is 9.45. The van der Waals surface area contributed by atoms with Crippen LogP contribution in [0.25, 0.3) is 0 Å². The highest BCUT2D eigenvalue weighted by Crippen LogP contribution is 2.50. The Kier molecular flexibility index (Phi) is 4.55. The second-order valence-electron chi connectivity index (χ2n) is 7.80. The highest BCUT2D eigenvalue weighted by atomic mass is 32.2. The maximum atomic E-state index is 13.5. The normalized spacial score (nSPS) is 23.3. The van der Waals surface area contributed by atoms with Crippen LogP contribution >= 0.6 is 23.1 Å². The second kappa shape index (κ2) is 6.63. The molecule has 7 heteroatoms. The lowest BCUT2D eigenvalue weighted by molar-refractivity contribution is -0.137. The van der Waals surface area contributed by atoms with E-state index in [1.165, 1.54) is 17.5 Å².